The predicted molar refractivity (Wildman–Crippen MR) is 102 cm³/mol. The van der Waals surface area contributed by atoms with E-state index < -0.39 is 22.6 Å². The second-order valence-corrected chi connectivity index (χ2v) is 7.37. The molecule has 0 fully saturated rings. The first-order chi connectivity index (χ1) is 12.8. The van der Waals surface area contributed by atoms with Crippen molar-refractivity contribution < 1.29 is 17.4 Å². The molecule has 4 N–H and O–H groups in total. The molecule has 1 aliphatic rings. The maximum absolute atomic E-state index is 11.9. The van der Waals surface area contributed by atoms with E-state index in [4.69, 9.17) is 5.73 Å². The molecule has 0 bridgehead atoms. The number of allylic oxidation sites excluding steroid dienone is 4. The largest absolute Gasteiger partial charge is 0.328 e. The maximum Gasteiger partial charge on any atom is 0.154 e. The highest BCUT2D eigenvalue weighted by Crippen LogP contribution is 2.23. The quantitative estimate of drug-likeness (QED) is 0.580. The molecule has 0 radical (unpaired) electrons. The van der Waals surface area contributed by atoms with Crippen molar-refractivity contribution in [1.82, 2.24) is 19.8 Å². The van der Waals surface area contributed by atoms with Gasteiger partial charge in [0.15, 0.2) is 5.83 Å². The second-order valence-electron chi connectivity index (χ2n) is 6.18. The summed E-state index contributed by atoms with van der Waals surface area (Å²) in [5.74, 6) is -2.16. The molecule has 0 saturated heterocycles. The van der Waals surface area contributed by atoms with Crippen LogP contribution in [0.2, 0.25) is 0 Å². The SMILES string of the molecule is C=C/C(F)=C\C(F)=C\F.CC(N)CC(CNS(C)=O)N1Cc2cn[nH]c2C1. The van der Waals surface area contributed by atoms with E-state index in [2.05, 4.69) is 26.4 Å². The lowest BCUT2D eigenvalue weighted by Crippen LogP contribution is -2.43. The average Bonchev–Trinajstić information content (AvgIpc) is 3.20. The van der Waals surface area contributed by atoms with Crippen LogP contribution >= 0.6 is 0 Å². The standard InChI is InChI=1S/C11H21N5OS.C6H5F3/c1-8(12)3-10(5-14-18(2)17)16-6-9-4-13-15-11(9)7-16;1-2-5(8)3-6(9)4-7/h4,8,10,14H,3,5-7,12H2,1-2H3,(H,13,15);2-4H,1H2/b;5-3+,6-4-. The van der Waals surface area contributed by atoms with Gasteiger partial charge in [-0.1, -0.05) is 6.58 Å². The molecule has 1 aromatic heterocycles. The van der Waals surface area contributed by atoms with Gasteiger partial charge in [-0.2, -0.15) is 5.10 Å². The molecule has 0 aromatic carbocycles. The molecule has 3 atom stereocenters. The van der Waals surface area contributed by atoms with Crippen LogP contribution in [0.3, 0.4) is 0 Å². The van der Waals surface area contributed by atoms with E-state index in [0.717, 1.165) is 25.6 Å². The predicted octanol–water partition coefficient (Wildman–Crippen LogP) is 2.52. The van der Waals surface area contributed by atoms with Gasteiger partial charge in [0.05, 0.1) is 22.9 Å². The molecular formula is C17H26F3N5OS. The smallest absolute Gasteiger partial charge is 0.154 e. The number of nitrogens with two attached hydrogens (primary N) is 1. The zero-order valence-corrected chi connectivity index (χ0v) is 16.2. The summed E-state index contributed by atoms with van der Waals surface area (Å²) in [6, 6.07) is 0.439. The fourth-order valence-corrected chi connectivity index (χ4v) is 3.00. The van der Waals surface area contributed by atoms with Crippen LogP contribution in [0.5, 0.6) is 0 Å². The highest BCUT2D eigenvalue weighted by molar-refractivity contribution is 7.82. The Hall–Kier alpha value is -1.75. The summed E-state index contributed by atoms with van der Waals surface area (Å²) < 4.78 is 48.8. The molecule has 3 unspecified atom stereocenters. The number of halogens is 3. The van der Waals surface area contributed by atoms with Gasteiger partial charge in [0, 0.05) is 49.6 Å². The summed E-state index contributed by atoms with van der Waals surface area (Å²) in [7, 11) is -0.979. The average molecular weight is 405 g/mol. The first kappa shape index (κ1) is 23.3. The number of aromatic amines is 1. The molecule has 0 amide bonds. The van der Waals surface area contributed by atoms with E-state index in [1.165, 1.54) is 11.3 Å². The van der Waals surface area contributed by atoms with Crippen LogP contribution in [0.15, 0.2) is 42.9 Å². The third-order valence-corrected chi connectivity index (χ3v) is 4.37. The van der Waals surface area contributed by atoms with Crippen molar-refractivity contribution in [2.75, 3.05) is 12.8 Å². The number of rotatable bonds is 8. The van der Waals surface area contributed by atoms with Gasteiger partial charge in [-0.15, -0.1) is 0 Å². The molecule has 1 aromatic rings. The first-order valence-corrected chi connectivity index (χ1v) is 9.85. The Labute approximate surface area is 160 Å². The Morgan fingerprint density at radius 2 is 2.22 bits per heavy atom. The fraction of sp³-hybridized carbons (Fsp3) is 0.471. The molecule has 6 nitrogen and oxygen atoms in total. The summed E-state index contributed by atoms with van der Waals surface area (Å²) >= 11 is 0. The maximum atomic E-state index is 11.9. The number of nitrogens with one attached hydrogen (secondary N) is 2. The molecule has 2 rings (SSSR count). The fourth-order valence-electron chi connectivity index (χ4n) is 2.57. The monoisotopic (exact) mass is 405 g/mol. The molecule has 10 heteroatoms. The van der Waals surface area contributed by atoms with Crippen LogP contribution in [0.1, 0.15) is 24.6 Å². The summed E-state index contributed by atoms with van der Waals surface area (Å²) in [5, 5.41) is 7.05. The molecule has 27 heavy (non-hydrogen) atoms. The third-order valence-electron chi connectivity index (χ3n) is 3.80. The normalized spacial score (nSPS) is 18.3. The summed E-state index contributed by atoms with van der Waals surface area (Å²) in [5.41, 5.74) is 8.33. The summed E-state index contributed by atoms with van der Waals surface area (Å²) in [6.45, 7) is 7.45. The third kappa shape index (κ3) is 8.65. The molecular weight excluding hydrogens is 379 g/mol. The molecule has 0 spiro atoms. The molecule has 1 aliphatic heterocycles. The van der Waals surface area contributed by atoms with Crippen LogP contribution < -0.4 is 10.5 Å². The van der Waals surface area contributed by atoms with Crippen LogP contribution in [-0.4, -0.2) is 44.2 Å². The van der Waals surface area contributed by atoms with Crippen molar-refractivity contribution in [2.45, 2.75) is 38.5 Å². The van der Waals surface area contributed by atoms with Crippen LogP contribution in [-0.2, 0) is 24.1 Å². The highest BCUT2D eigenvalue weighted by atomic mass is 32.2. The zero-order chi connectivity index (χ0) is 20.4. The lowest BCUT2D eigenvalue weighted by Gasteiger charge is -2.28. The molecule has 2 heterocycles. The van der Waals surface area contributed by atoms with Gasteiger partial charge in [-0.05, 0) is 19.4 Å². The molecule has 152 valence electrons. The minimum atomic E-state index is -1.26. The summed E-state index contributed by atoms with van der Waals surface area (Å²) in [4.78, 5) is 2.35. The lowest BCUT2D eigenvalue weighted by molar-refractivity contribution is 0.182. The van der Waals surface area contributed by atoms with E-state index >= 15 is 0 Å². The van der Waals surface area contributed by atoms with Crippen molar-refractivity contribution >= 4 is 11.0 Å². The number of hydrogen-bond acceptors (Lipinski definition) is 4. The number of aromatic nitrogens is 2. The van der Waals surface area contributed by atoms with Gasteiger partial charge in [0.25, 0.3) is 0 Å². The van der Waals surface area contributed by atoms with Crippen LogP contribution in [0.4, 0.5) is 13.2 Å². The van der Waals surface area contributed by atoms with Gasteiger partial charge in [-0.3, -0.25) is 10.00 Å². The summed E-state index contributed by atoms with van der Waals surface area (Å²) in [6.07, 6.45) is 5.27. The minimum absolute atomic E-state index is 0.138. The second kappa shape index (κ2) is 11.9. The van der Waals surface area contributed by atoms with Crippen molar-refractivity contribution in [3.63, 3.8) is 0 Å². The van der Waals surface area contributed by atoms with E-state index in [-0.39, 0.29) is 12.4 Å². The zero-order valence-electron chi connectivity index (χ0n) is 15.4. The van der Waals surface area contributed by atoms with E-state index in [9.17, 15) is 17.4 Å². The number of nitrogens with zero attached hydrogens (tertiary/aromatic N) is 2. The van der Waals surface area contributed by atoms with Gasteiger partial charge < -0.3 is 5.73 Å². The van der Waals surface area contributed by atoms with Crippen LogP contribution in [0, 0.1) is 0 Å². The van der Waals surface area contributed by atoms with Gasteiger partial charge >= 0.3 is 0 Å². The molecule has 0 aliphatic carbocycles. The Morgan fingerprint density at radius 1 is 1.52 bits per heavy atom. The first-order valence-electron chi connectivity index (χ1n) is 8.30. The van der Waals surface area contributed by atoms with Crippen molar-refractivity contribution in [3.8, 4) is 0 Å². The number of fused-ring (bicyclic) bond motifs is 1. The number of H-pyrrole nitrogens is 1. The van der Waals surface area contributed by atoms with Gasteiger partial charge in [0.1, 0.15) is 12.2 Å². The van der Waals surface area contributed by atoms with Crippen molar-refractivity contribution in [2.24, 2.45) is 5.73 Å². The number of hydrogen-bond donors (Lipinski definition) is 3. The Morgan fingerprint density at radius 3 is 2.74 bits per heavy atom. The highest BCUT2D eigenvalue weighted by Gasteiger charge is 2.27. The Balaban J connectivity index is 0.000000345. The van der Waals surface area contributed by atoms with E-state index in [1.54, 1.807) is 6.26 Å². The van der Waals surface area contributed by atoms with Crippen molar-refractivity contribution in [3.05, 3.63) is 54.2 Å². The lowest BCUT2D eigenvalue weighted by atomic mass is 10.1. The minimum Gasteiger partial charge on any atom is -0.328 e. The van der Waals surface area contributed by atoms with Crippen molar-refractivity contribution in [1.29, 1.82) is 0 Å². The Bertz CT molecular complexity index is 669. The van der Waals surface area contributed by atoms with Gasteiger partial charge in [-0.25, -0.2) is 22.1 Å². The Kier molecular flexibility index (Phi) is 10.2. The van der Waals surface area contributed by atoms with E-state index in [1.807, 2.05) is 13.1 Å². The van der Waals surface area contributed by atoms with Gasteiger partial charge in [0.2, 0.25) is 0 Å². The van der Waals surface area contributed by atoms with Crippen LogP contribution in [0.25, 0.3) is 0 Å². The molecule has 0 saturated carbocycles. The van der Waals surface area contributed by atoms with E-state index in [0.29, 0.717) is 18.7 Å². The topological polar surface area (TPSA) is 87.0 Å².